The van der Waals surface area contributed by atoms with Crippen molar-refractivity contribution in [2.45, 2.75) is 0 Å². The van der Waals surface area contributed by atoms with Crippen LogP contribution in [0.1, 0.15) is 0 Å². The van der Waals surface area contributed by atoms with Gasteiger partial charge in [0.05, 0.1) is 34.4 Å². The summed E-state index contributed by atoms with van der Waals surface area (Å²) in [5, 5.41) is 0. The number of hydrogen-bond acceptors (Lipinski definition) is 2. The molecular formula is C7H18ClNO2. The SMILES string of the molecule is COCCOC[N+](C)(C)C.[Cl-]. The lowest BCUT2D eigenvalue weighted by atomic mass is 10.7. The van der Waals surface area contributed by atoms with Crippen molar-refractivity contribution in [3.05, 3.63) is 0 Å². The first-order chi connectivity index (χ1) is 4.56. The molecule has 0 fully saturated rings. The maximum absolute atomic E-state index is 5.29. The Morgan fingerprint density at radius 2 is 1.64 bits per heavy atom. The number of nitrogens with zero attached hydrogens (tertiary/aromatic N) is 1. The Hall–Kier alpha value is 0.170. The van der Waals surface area contributed by atoms with Crippen LogP contribution >= 0.6 is 0 Å². The van der Waals surface area contributed by atoms with Gasteiger partial charge in [-0.15, -0.1) is 0 Å². The minimum Gasteiger partial charge on any atom is -1.00 e. The zero-order chi connectivity index (χ0) is 8.04. The minimum atomic E-state index is 0. The summed E-state index contributed by atoms with van der Waals surface area (Å²) in [4.78, 5) is 0. The second kappa shape index (κ2) is 6.85. The van der Waals surface area contributed by atoms with Crippen molar-refractivity contribution >= 4 is 0 Å². The van der Waals surface area contributed by atoms with Crippen LogP contribution < -0.4 is 12.4 Å². The first kappa shape index (κ1) is 13.7. The molecule has 0 spiro atoms. The maximum atomic E-state index is 5.29. The normalized spacial score (nSPS) is 10.9. The van der Waals surface area contributed by atoms with Gasteiger partial charge >= 0.3 is 0 Å². The summed E-state index contributed by atoms with van der Waals surface area (Å²) in [6.45, 7) is 2.11. The number of methoxy groups -OCH3 is 1. The quantitative estimate of drug-likeness (QED) is 0.263. The van der Waals surface area contributed by atoms with E-state index in [9.17, 15) is 0 Å². The maximum Gasteiger partial charge on any atom is 0.182 e. The van der Waals surface area contributed by atoms with E-state index in [2.05, 4.69) is 21.1 Å². The van der Waals surface area contributed by atoms with Gasteiger partial charge in [0.1, 0.15) is 0 Å². The molecule has 0 aliphatic rings. The zero-order valence-corrected chi connectivity index (χ0v) is 8.52. The fraction of sp³-hybridized carbons (Fsp3) is 1.00. The molecule has 0 saturated heterocycles. The summed E-state index contributed by atoms with van der Waals surface area (Å²) in [6, 6.07) is 0. The summed E-state index contributed by atoms with van der Waals surface area (Å²) in [7, 11) is 7.95. The summed E-state index contributed by atoms with van der Waals surface area (Å²) >= 11 is 0. The standard InChI is InChI=1S/C7H18NO2.ClH/c1-8(2,3)7-10-6-5-9-4;/h5-7H2,1-4H3;1H/q+1;/p-1. The van der Waals surface area contributed by atoms with E-state index in [1.165, 1.54) is 0 Å². The molecule has 0 bridgehead atoms. The van der Waals surface area contributed by atoms with E-state index >= 15 is 0 Å². The van der Waals surface area contributed by atoms with Gasteiger partial charge in [-0.1, -0.05) is 0 Å². The largest absolute Gasteiger partial charge is 1.00 e. The number of hydrogen-bond donors (Lipinski definition) is 0. The van der Waals surface area contributed by atoms with E-state index in [1.807, 2.05) is 0 Å². The Morgan fingerprint density at radius 3 is 2.00 bits per heavy atom. The Kier molecular flexibility index (Phi) is 8.56. The molecule has 0 unspecified atom stereocenters. The molecule has 0 aromatic heterocycles. The van der Waals surface area contributed by atoms with Crippen LogP contribution in [0.15, 0.2) is 0 Å². The molecule has 0 radical (unpaired) electrons. The zero-order valence-electron chi connectivity index (χ0n) is 7.76. The van der Waals surface area contributed by atoms with Crippen LogP contribution in [0.25, 0.3) is 0 Å². The Labute approximate surface area is 75.3 Å². The lowest BCUT2D eigenvalue weighted by molar-refractivity contribution is -0.890. The lowest BCUT2D eigenvalue weighted by Gasteiger charge is -2.22. The van der Waals surface area contributed by atoms with Crippen molar-refractivity contribution in [1.82, 2.24) is 0 Å². The van der Waals surface area contributed by atoms with E-state index in [0.29, 0.717) is 13.2 Å². The molecule has 11 heavy (non-hydrogen) atoms. The summed E-state index contributed by atoms with van der Waals surface area (Å²) in [5.74, 6) is 0. The van der Waals surface area contributed by atoms with Gasteiger partial charge in [0.2, 0.25) is 0 Å². The van der Waals surface area contributed by atoms with Crippen LogP contribution in [-0.2, 0) is 9.47 Å². The van der Waals surface area contributed by atoms with E-state index in [0.717, 1.165) is 11.2 Å². The highest BCUT2D eigenvalue weighted by Crippen LogP contribution is 1.89. The average molecular weight is 184 g/mol. The van der Waals surface area contributed by atoms with Crippen molar-refractivity contribution in [3.8, 4) is 0 Å². The fourth-order valence-electron chi connectivity index (χ4n) is 0.481. The minimum absolute atomic E-state index is 0. The van der Waals surface area contributed by atoms with Gasteiger partial charge in [-0.3, -0.25) is 0 Å². The Bertz CT molecular complexity index is 83.0. The Balaban J connectivity index is 0. The first-order valence-corrected chi connectivity index (χ1v) is 3.43. The molecule has 0 rings (SSSR count). The molecule has 3 nitrogen and oxygen atoms in total. The predicted octanol–water partition coefficient (Wildman–Crippen LogP) is -2.68. The number of quaternary nitrogens is 1. The van der Waals surface area contributed by atoms with Crippen LogP contribution in [0, 0.1) is 0 Å². The topological polar surface area (TPSA) is 18.5 Å². The van der Waals surface area contributed by atoms with E-state index in [1.54, 1.807) is 7.11 Å². The van der Waals surface area contributed by atoms with Gasteiger partial charge in [0.25, 0.3) is 0 Å². The molecule has 0 aliphatic carbocycles. The Morgan fingerprint density at radius 1 is 1.09 bits per heavy atom. The highest BCUT2D eigenvalue weighted by molar-refractivity contribution is 4.21. The number of ether oxygens (including phenoxy) is 2. The van der Waals surface area contributed by atoms with Crippen LogP contribution in [-0.4, -0.2) is 52.7 Å². The van der Waals surface area contributed by atoms with Crippen molar-refractivity contribution in [2.75, 3.05) is 48.2 Å². The second-order valence-corrected chi connectivity index (χ2v) is 3.32. The van der Waals surface area contributed by atoms with Gasteiger partial charge in [-0.25, -0.2) is 0 Å². The van der Waals surface area contributed by atoms with E-state index in [4.69, 9.17) is 9.47 Å². The molecule has 70 valence electrons. The van der Waals surface area contributed by atoms with Gasteiger partial charge in [0, 0.05) is 7.11 Å². The van der Waals surface area contributed by atoms with Crippen molar-refractivity contribution in [2.24, 2.45) is 0 Å². The van der Waals surface area contributed by atoms with Crippen LogP contribution in [0.3, 0.4) is 0 Å². The smallest absolute Gasteiger partial charge is 0.182 e. The van der Waals surface area contributed by atoms with Crippen molar-refractivity contribution < 1.29 is 26.4 Å². The third-order valence-electron chi connectivity index (χ3n) is 0.910. The first-order valence-electron chi connectivity index (χ1n) is 3.43. The lowest BCUT2D eigenvalue weighted by Crippen LogP contribution is -3.00. The molecule has 0 aliphatic heterocycles. The molecule has 4 heteroatoms. The summed E-state index contributed by atoms with van der Waals surface area (Å²) in [6.07, 6.45) is 0. The third kappa shape index (κ3) is 13.2. The third-order valence-corrected chi connectivity index (χ3v) is 0.910. The molecule has 0 heterocycles. The van der Waals surface area contributed by atoms with Gasteiger partial charge in [0.15, 0.2) is 6.73 Å². The van der Waals surface area contributed by atoms with Crippen molar-refractivity contribution in [3.63, 3.8) is 0 Å². The molecule has 0 aromatic carbocycles. The summed E-state index contributed by atoms with van der Waals surface area (Å²) < 4.78 is 10.9. The molecular weight excluding hydrogens is 166 g/mol. The van der Waals surface area contributed by atoms with Crippen LogP contribution in [0.2, 0.25) is 0 Å². The summed E-state index contributed by atoms with van der Waals surface area (Å²) in [5.41, 5.74) is 0. The molecule has 0 N–H and O–H groups in total. The van der Waals surface area contributed by atoms with E-state index < -0.39 is 0 Å². The monoisotopic (exact) mass is 183 g/mol. The highest BCUT2D eigenvalue weighted by atomic mass is 35.5. The molecule has 0 aromatic rings. The van der Waals surface area contributed by atoms with Gasteiger partial charge in [-0.2, -0.15) is 0 Å². The van der Waals surface area contributed by atoms with Gasteiger partial charge < -0.3 is 26.4 Å². The highest BCUT2D eigenvalue weighted by Gasteiger charge is 2.04. The number of halogens is 1. The fourth-order valence-corrected chi connectivity index (χ4v) is 0.481. The van der Waals surface area contributed by atoms with E-state index in [-0.39, 0.29) is 12.4 Å². The predicted molar refractivity (Wildman–Crippen MR) is 40.7 cm³/mol. The van der Waals surface area contributed by atoms with Crippen molar-refractivity contribution in [1.29, 1.82) is 0 Å². The molecule has 0 saturated carbocycles. The second-order valence-electron chi connectivity index (χ2n) is 3.32. The van der Waals surface area contributed by atoms with Gasteiger partial charge in [-0.05, 0) is 0 Å². The van der Waals surface area contributed by atoms with Crippen LogP contribution in [0.4, 0.5) is 0 Å². The molecule has 0 amide bonds. The molecule has 0 atom stereocenters. The average Bonchev–Trinajstić information content (AvgIpc) is 1.78. The van der Waals surface area contributed by atoms with Crippen LogP contribution in [0.5, 0.6) is 0 Å². The number of rotatable bonds is 5.